The van der Waals surface area contributed by atoms with E-state index in [-0.39, 0.29) is 17.7 Å². The van der Waals surface area contributed by atoms with Crippen LogP contribution in [0.1, 0.15) is 57.2 Å². The summed E-state index contributed by atoms with van der Waals surface area (Å²) in [6.45, 7) is 12.1. The van der Waals surface area contributed by atoms with Gasteiger partial charge in [0.25, 0.3) is 0 Å². The summed E-state index contributed by atoms with van der Waals surface area (Å²) in [4.78, 5) is 5.38. The number of benzene rings is 9. The van der Waals surface area contributed by atoms with Crippen molar-refractivity contribution in [3.8, 4) is 44.5 Å². The highest BCUT2D eigenvalue weighted by Crippen LogP contribution is 2.55. The molecule has 2 nitrogen and oxygen atoms in total. The second kappa shape index (κ2) is 14.9. The van der Waals surface area contributed by atoms with E-state index in [1.807, 2.05) is 11.3 Å². The van der Waals surface area contributed by atoms with Crippen LogP contribution in [-0.2, 0) is 10.8 Å². The zero-order valence-electron chi connectivity index (χ0n) is 38.8. The molecule has 0 bridgehead atoms. The molecule has 0 N–H and O–H groups in total. The summed E-state index contributed by atoms with van der Waals surface area (Å²) in [6, 6.07) is 73.3. The Bertz CT molecular complexity index is 3590. The van der Waals surface area contributed by atoms with Crippen molar-refractivity contribution < 1.29 is 0 Å². The Morgan fingerprint density at radius 1 is 0.463 bits per heavy atom. The molecule has 322 valence electrons. The van der Waals surface area contributed by atoms with Crippen LogP contribution in [0.2, 0.25) is 0 Å². The lowest BCUT2D eigenvalue weighted by atomic mass is 9.42. The van der Waals surface area contributed by atoms with Crippen LogP contribution in [0.15, 0.2) is 194 Å². The van der Waals surface area contributed by atoms with E-state index >= 15 is 0 Å². The first kappa shape index (κ1) is 40.2. The van der Waals surface area contributed by atoms with E-state index in [1.54, 1.807) is 0 Å². The molecule has 4 heteroatoms. The molecule has 3 heterocycles. The Balaban J connectivity index is 1.18. The third-order valence-electron chi connectivity index (χ3n) is 15.4. The van der Waals surface area contributed by atoms with E-state index in [0.717, 1.165) is 12.8 Å². The predicted molar refractivity (Wildman–Crippen MR) is 289 cm³/mol. The summed E-state index contributed by atoms with van der Waals surface area (Å²) in [5.74, 6) is 0. The van der Waals surface area contributed by atoms with Gasteiger partial charge < -0.3 is 9.71 Å². The lowest BCUT2D eigenvalue weighted by molar-refractivity contribution is 0.332. The standard InChI is InChI=1S/C63H51BN2S/c1-40-25-26-45(42-19-11-7-12-20-42)35-53(40)65-55-38-51-50(62(2,3)33-34-63(51,4)5)37-52(55)64-61-56(65)39-58-59(49-23-15-16-24-57(49)67-58)60(61)48-32-29-46(43-21-13-8-14-22-43)36-54(48)66(64)47-30-27-44(28-31-47)41-17-9-6-10-18-41/h6-32,35-39H,33-34H2,1-5H3. The number of rotatable bonds is 5. The number of nitrogens with zero attached hydrogens (tertiary/aromatic N) is 2. The van der Waals surface area contributed by atoms with Crippen molar-refractivity contribution in [2.45, 2.75) is 58.3 Å². The van der Waals surface area contributed by atoms with Crippen LogP contribution in [0.3, 0.4) is 0 Å². The minimum atomic E-state index is -0.121. The van der Waals surface area contributed by atoms with Crippen LogP contribution in [0.4, 0.5) is 28.4 Å². The molecule has 0 atom stereocenters. The Labute approximate surface area is 398 Å². The quantitative estimate of drug-likeness (QED) is 0.159. The van der Waals surface area contributed by atoms with Gasteiger partial charge in [-0.3, -0.25) is 0 Å². The molecule has 10 aromatic rings. The van der Waals surface area contributed by atoms with Crippen molar-refractivity contribution >= 4 is 77.7 Å². The van der Waals surface area contributed by atoms with E-state index in [2.05, 4.69) is 238 Å². The van der Waals surface area contributed by atoms with Gasteiger partial charge in [-0.2, -0.15) is 0 Å². The zero-order chi connectivity index (χ0) is 45.2. The zero-order valence-corrected chi connectivity index (χ0v) is 39.6. The molecule has 1 aliphatic carbocycles. The number of thiophene rings is 1. The first-order valence-electron chi connectivity index (χ1n) is 23.9. The van der Waals surface area contributed by atoms with Gasteiger partial charge in [-0.25, -0.2) is 0 Å². The van der Waals surface area contributed by atoms with Crippen molar-refractivity contribution in [3.05, 3.63) is 211 Å². The highest BCUT2D eigenvalue weighted by atomic mass is 32.1. The molecule has 1 aromatic heterocycles. The van der Waals surface area contributed by atoms with E-state index in [9.17, 15) is 0 Å². The van der Waals surface area contributed by atoms with Gasteiger partial charge in [-0.15, -0.1) is 11.3 Å². The number of anilines is 5. The van der Waals surface area contributed by atoms with Crippen molar-refractivity contribution in [2.24, 2.45) is 0 Å². The maximum atomic E-state index is 2.71. The van der Waals surface area contributed by atoms with Gasteiger partial charge in [-0.1, -0.05) is 179 Å². The molecule has 0 amide bonds. The van der Waals surface area contributed by atoms with Gasteiger partial charge in [0.2, 0.25) is 0 Å². The molecule has 0 radical (unpaired) electrons. The van der Waals surface area contributed by atoms with Gasteiger partial charge in [0.1, 0.15) is 0 Å². The average Bonchev–Trinajstić information content (AvgIpc) is 3.74. The molecule has 9 aromatic carbocycles. The van der Waals surface area contributed by atoms with Crippen LogP contribution in [-0.4, -0.2) is 6.85 Å². The van der Waals surface area contributed by atoms with Gasteiger partial charge in [0.15, 0.2) is 0 Å². The first-order chi connectivity index (χ1) is 32.6. The molecular formula is C63H51BN2S. The normalized spacial score (nSPS) is 15.3. The third kappa shape index (κ3) is 6.23. The summed E-state index contributed by atoms with van der Waals surface area (Å²) >= 11 is 1.93. The second-order valence-corrected chi connectivity index (χ2v) is 21.4. The first-order valence-corrected chi connectivity index (χ1v) is 24.7. The topological polar surface area (TPSA) is 6.48 Å². The lowest BCUT2D eigenvalue weighted by Gasteiger charge is -2.48. The molecule has 3 aliphatic rings. The molecular weight excluding hydrogens is 828 g/mol. The van der Waals surface area contributed by atoms with Gasteiger partial charge in [0, 0.05) is 54.2 Å². The van der Waals surface area contributed by atoms with Gasteiger partial charge in [0.05, 0.1) is 0 Å². The fraction of sp³-hybridized carbons (Fsp3) is 0.143. The number of aryl methyl sites for hydroxylation is 1. The molecule has 0 unspecified atom stereocenters. The maximum absolute atomic E-state index is 2.71. The van der Waals surface area contributed by atoms with E-state index in [1.165, 1.54) is 121 Å². The molecule has 0 spiro atoms. The van der Waals surface area contributed by atoms with E-state index in [0.29, 0.717) is 0 Å². The lowest BCUT2D eigenvalue weighted by Crippen LogP contribution is -2.62. The molecule has 0 fully saturated rings. The molecule has 2 aliphatic heterocycles. The molecule has 67 heavy (non-hydrogen) atoms. The van der Waals surface area contributed by atoms with Crippen LogP contribution in [0.5, 0.6) is 0 Å². The largest absolute Gasteiger partial charge is 0.376 e. The minimum absolute atomic E-state index is 0.0136. The van der Waals surface area contributed by atoms with Crippen molar-refractivity contribution in [2.75, 3.05) is 9.71 Å². The Kier molecular flexibility index (Phi) is 8.96. The maximum Gasteiger partial charge on any atom is 0.333 e. The second-order valence-electron chi connectivity index (χ2n) is 20.4. The fourth-order valence-electron chi connectivity index (χ4n) is 11.8. The van der Waals surface area contributed by atoms with Crippen molar-refractivity contribution in [1.82, 2.24) is 0 Å². The van der Waals surface area contributed by atoms with E-state index < -0.39 is 0 Å². The Morgan fingerprint density at radius 3 is 1.66 bits per heavy atom. The summed E-state index contributed by atoms with van der Waals surface area (Å²) in [5.41, 5.74) is 23.1. The predicted octanol–water partition coefficient (Wildman–Crippen LogP) is 16.4. The molecule has 0 saturated carbocycles. The van der Waals surface area contributed by atoms with Gasteiger partial charge >= 0.3 is 6.85 Å². The third-order valence-corrected chi connectivity index (χ3v) is 16.6. The number of hydrogen-bond acceptors (Lipinski definition) is 3. The van der Waals surface area contributed by atoms with E-state index in [4.69, 9.17) is 0 Å². The Hall–Kier alpha value is -7.14. The van der Waals surface area contributed by atoms with Crippen molar-refractivity contribution in [3.63, 3.8) is 0 Å². The average molecular weight is 879 g/mol. The fourth-order valence-corrected chi connectivity index (χ4v) is 12.9. The van der Waals surface area contributed by atoms with Crippen molar-refractivity contribution in [1.29, 1.82) is 0 Å². The monoisotopic (exact) mass is 878 g/mol. The SMILES string of the molecule is Cc1ccc(-c2ccccc2)cc1N1c2cc3c(cc2B2c4c1cc1sc5ccccc5c1c4-c1ccc(-c4ccccc4)cc1N2c1ccc(-c2ccccc2)cc1)C(C)(C)CCC3(C)C. The highest BCUT2D eigenvalue weighted by Gasteiger charge is 2.48. The van der Waals surface area contributed by atoms with Crippen LogP contribution >= 0.6 is 11.3 Å². The van der Waals surface area contributed by atoms with Crippen LogP contribution in [0, 0.1) is 6.92 Å². The van der Waals surface area contributed by atoms with Crippen LogP contribution < -0.4 is 20.6 Å². The molecule has 13 rings (SSSR count). The summed E-state index contributed by atoms with van der Waals surface area (Å²) in [5, 5.41) is 2.68. The molecule has 0 saturated heterocycles. The summed E-state index contributed by atoms with van der Waals surface area (Å²) in [7, 11) is 0. The smallest absolute Gasteiger partial charge is 0.333 e. The van der Waals surface area contributed by atoms with Crippen LogP contribution in [0.25, 0.3) is 64.7 Å². The number of hydrogen-bond donors (Lipinski definition) is 0. The summed E-state index contributed by atoms with van der Waals surface area (Å²) in [6.07, 6.45) is 2.30. The van der Waals surface area contributed by atoms with Gasteiger partial charge in [-0.05, 0) is 140 Å². The minimum Gasteiger partial charge on any atom is -0.376 e. The number of fused-ring (bicyclic) bond motifs is 9. The summed E-state index contributed by atoms with van der Waals surface area (Å²) < 4.78 is 2.64. The highest BCUT2D eigenvalue weighted by molar-refractivity contribution is 7.26. The Morgan fingerprint density at radius 2 is 1.00 bits per heavy atom.